The van der Waals surface area contributed by atoms with Gasteiger partial charge in [0.1, 0.15) is 5.75 Å². The van der Waals surface area contributed by atoms with E-state index in [2.05, 4.69) is 10.6 Å². The van der Waals surface area contributed by atoms with Crippen LogP contribution in [0.4, 0.5) is 0 Å². The van der Waals surface area contributed by atoms with Crippen LogP contribution in [0.1, 0.15) is 46.1 Å². The van der Waals surface area contributed by atoms with Gasteiger partial charge in [-0.1, -0.05) is 32.9 Å². The fourth-order valence-electron chi connectivity index (χ4n) is 2.15. The van der Waals surface area contributed by atoms with Gasteiger partial charge in [-0.3, -0.25) is 9.59 Å². The first-order chi connectivity index (χ1) is 11.2. The second kappa shape index (κ2) is 9.30. The third kappa shape index (κ3) is 7.49. The van der Waals surface area contributed by atoms with Crippen LogP contribution in [0.5, 0.6) is 5.75 Å². The number of rotatable bonds is 8. The van der Waals surface area contributed by atoms with Crippen LogP contribution >= 0.6 is 0 Å². The largest absolute Gasteiger partial charge is 0.497 e. The summed E-state index contributed by atoms with van der Waals surface area (Å²) in [7, 11) is 1.65. The summed E-state index contributed by atoms with van der Waals surface area (Å²) in [5, 5.41) is 5.75. The predicted octanol–water partition coefficient (Wildman–Crippen LogP) is 2.68. The Balaban J connectivity index is 2.25. The molecule has 2 amide bonds. The molecule has 1 aromatic carbocycles. The van der Waals surface area contributed by atoms with Crippen molar-refractivity contribution in [3.63, 3.8) is 0 Å². The molecule has 0 heterocycles. The highest BCUT2D eigenvalue weighted by atomic mass is 16.5. The summed E-state index contributed by atoms with van der Waals surface area (Å²) in [6.45, 7) is 7.92. The molecule has 2 N–H and O–H groups in total. The van der Waals surface area contributed by atoms with E-state index in [9.17, 15) is 9.59 Å². The van der Waals surface area contributed by atoms with Crippen LogP contribution in [0.2, 0.25) is 0 Å². The number of carbonyl (C=O) groups excluding carboxylic acids is 2. The molecule has 0 aromatic heterocycles. The van der Waals surface area contributed by atoms with Crippen LogP contribution in [0.25, 0.3) is 0 Å². The second-order valence-corrected chi connectivity index (χ2v) is 7.11. The van der Waals surface area contributed by atoms with Crippen molar-refractivity contribution in [3.05, 3.63) is 29.8 Å². The van der Waals surface area contributed by atoms with Crippen molar-refractivity contribution < 1.29 is 14.3 Å². The average Bonchev–Trinajstić information content (AvgIpc) is 2.52. The zero-order chi connectivity index (χ0) is 18.2. The number of nitrogens with one attached hydrogen (secondary N) is 2. The van der Waals surface area contributed by atoms with E-state index in [0.717, 1.165) is 18.6 Å². The monoisotopic (exact) mass is 334 g/mol. The molecular formula is C19H30N2O3. The average molecular weight is 334 g/mol. The third-order valence-corrected chi connectivity index (χ3v) is 3.75. The molecule has 1 unspecified atom stereocenters. The van der Waals surface area contributed by atoms with Crippen LogP contribution in [0.3, 0.4) is 0 Å². The molecule has 1 aromatic rings. The van der Waals surface area contributed by atoms with Crippen molar-refractivity contribution >= 4 is 11.8 Å². The number of methoxy groups -OCH3 is 1. The zero-order valence-electron chi connectivity index (χ0n) is 15.4. The molecule has 24 heavy (non-hydrogen) atoms. The quantitative estimate of drug-likeness (QED) is 0.768. The van der Waals surface area contributed by atoms with Crippen LogP contribution < -0.4 is 15.4 Å². The molecule has 0 fully saturated rings. The summed E-state index contributed by atoms with van der Waals surface area (Å²) in [5.74, 6) is 0.770. The maximum atomic E-state index is 11.9. The van der Waals surface area contributed by atoms with Crippen molar-refractivity contribution in [1.82, 2.24) is 10.6 Å². The van der Waals surface area contributed by atoms with Gasteiger partial charge in [-0.2, -0.15) is 0 Å². The van der Waals surface area contributed by atoms with Crippen molar-refractivity contribution in [2.24, 2.45) is 5.41 Å². The van der Waals surface area contributed by atoms with Crippen molar-refractivity contribution in [1.29, 1.82) is 0 Å². The molecule has 0 aliphatic rings. The van der Waals surface area contributed by atoms with Gasteiger partial charge >= 0.3 is 0 Å². The van der Waals surface area contributed by atoms with E-state index in [-0.39, 0.29) is 17.9 Å². The van der Waals surface area contributed by atoms with Gasteiger partial charge in [0.05, 0.1) is 7.11 Å². The van der Waals surface area contributed by atoms with E-state index >= 15 is 0 Å². The molecule has 0 aliphatic carbocycles. The standard InChI is InChI=1S/C19H30N2O3/c1-14(6-7-15-8-10-16(24-5)11-9-15)21-17(22)12-13-20-18(23)19(2,3)4/h8-11,14H,6-7,12-13H2,1-5H3,(H,20,23)(H,21,22). The van der Waals surface area contributed by atoms with E-state index in [1.165, 1.54) is 5.56 Å². The number of amides is 2. The van der Waals surface area contributed by atoms with Gasteiger partial charge in [0, 0.05) is 24.4 Å². The molecule has 5 nitrogen and oxygen atoms in total. The molecule has 0 saturated carbocycles. The summed E-state index contributed by atoms with van der Waals surface area (Å²) in [6, 6.07) is 8.05. The molecule has 0 bridgehead atoms. The van der Waals surface area contributed by atoms with E-state index in [1.54, 1.807) is 7.11 Å². The Hall–Kier alpha value is -2.04. The first kappa shape index (κ1) is 20.0. The predicted molar refractivity (Wildman–Crippen MR) is 96.0 cm³/mol. The highest BCUT2D eigenvalue weighted by molar-refractivity contribution is 5.82. The number of ether oxygens (including phenoxy) is 1. The Morgan fingerprint density at radius 1 is 1.17 bits per heavy atom. The smallest absolute Gasteiger partial charge is 0.225 e. The number of hydrogen-bond acceptors (Lipinski definition) is 3. The minimum Gasteiger partial charge on any atom is -0.497 e. The minimum absolute atomic E-state index is 0.0357. The Morgan fingerprint density at radius 2 is 1.79 bits per heavy atom. The Labute approximate surface area is 145 Å². The zero-order valence-corrected chi connectivity index (χ0v) is 15.4. The molecule has 0 radical (unpaired) electrons. The van der Waals surface area contributed by atoms with Crippen LogP contribution in [0, 0.1) is 5.41 Å². The van der Waals surface area contributed by atoms with Gasteiger partial charge in [0.25, 0.3) is 0 Å². The topological polar surface area (TPSA) is 67.4 Å². The molecular weight excluding hydrogens is 304 g/mol. The Bertz CT molecular complexity index is 533. The summed E-state index contributed by atoms with van der Waals surface area (Å²) in [5.41, 5.74) is 0.789. The third-order valence-electron chi connectivity index (χ3n) is 3.75. The van der Waals surface area contributed by atoms with Gasteiger partial charge in [0.2, 0.25) is 11.8 Å². The maximum Gasteiger partial charge on any atom is 0.225 e. The molecule has 0 aliphatic heterocycles. The van der Waals surface area contributed by atoms with Crippen molar-refractivity contribution in [2.45, 2.75) is 53.0 Å². The highest BCUT2D eigenvalue weighted by Gasteiger charge is 2.20. The molecule has 1 rings (SSSR count). The molecule has 0 spiro atoms. The fourth-order valence-corrected chi connectivity index (χ4v) is 2.15. The van der Waals surface area contributed by atoms with Crippen molar-refractivity contribution in [3.8, 4) is 5.75 Å². The van der Waals surface area contributed by atoms with Gasteiger partial charge in [0.15, 0.2) is 0 Å². The lowest BCUT2D eigenvalue weighted by Gasteiger charge is -2.18. The second-order valence-electron chi connectivity index (χ2n) is 7.11. The SMILES string of the molecule is COc1ccc(CCC(C)NC(=O)CCNC(=O)C(C)(C)C)cc1. The van der Waals surface area contributed by atoms with Gasteiger partial charge in [-0.05, 0) is 37.5 Å². The van der Waals surface area contributed by atoms with Crippen LogP contribution in [-0.2, 0) is 16.0 Å². The highest BCUT2D eigenvalue weighted by Crippen LogP contribution is 2.13. The van der Waals surface area contributed by atoms with Gasteiger partial charge < -0.3 is 15.4 Å². The van der Waals surface area contributed by atoms with Gasteiger partial charge in [-0.15, -0.1) is 0 Å². The molecule has 5 heteroatoms. The van der Waals surface area contributed by atoms with Crippen molar-refractivity contribution in [2.75, 3.05) is 13.7 Å². The first-order valence-electron chi connectivity index (χ1n) is 8.43. The molecule has 134 valence electrons. The maximum absolute atomic E-state index is 11.9. The summed E-state index contributed by atoms with van der Waals surface area (Å²) >= 11 is 0. The fraction of sp³-hybridized carbons (Fsp3) is 0.579. The number of carbonyl (C=O) groups is 2. The number of aryl methyl sites for hydroxylation is 1. The Kier molecular flexibility index (Phi) is 7.75. The van der Waals surface area contributed by atoms with E-state index in [4.69, 9.17) is 4.74 Å². The summed E-state index contributed by atoms with van der Waals surface area (Å²) < 4.78 is 5.14. The minimum atomic E-state index is -0.428. The number of hydrogen-bond donors (Lipinski definition) is 2. The van der Waals surface area contributed by atoms with E-state index in [0.29, 0.717) is 13.0 Å². The molecule has 1 atom stereocenters. The first-order valence-corrected chi connectivity index (χ1v) is 8.43. The summed E-state index contributed by atoms with van der Waals surface area (Å²) in [4.78, 5) is 23.6. The van der Waals surface area contributed by atoms with E-state index < -0.39 is 5.41 Å². The number of benzene rings is 1. The van der Waals surface area contributed by atoms with E-state index in [1.807, 2.05) is 52.0 Å². The Morgan fingerprint density at radius 3 is 2.33 bits per heavy atom. The van der Waals surface area contributed by atoms with Crippen LogP contribution in [-0.4, -0.2) is 31.5 Å². The lowest BCUT2D eigenvalue weighted by Crippen LogP contribution is -2.39. The van der Waals surface area contributed by atoms with Crippen LogP contribution in [0.15, 0.2) is 24.3 Å². The van der Waals surface area contributed by atoms with Gasteiger partial charge in [-0.25, -0.2) is 0 Å². The lowest BCUT2D eigenvalue weighted by atomic mass is 9.96. The molecule has 0 saturated heterocycles. The normalized spacial score (nSPS) is 12.4. The lowest BCUT2D eigenvalue weighted by molar-refractivity contribution is -0.128. The summed E-state index contributed by atoms with van der Waals surface area (Å²) in [6.07, 6.45) is 2.06.